The molecule has 5 heterocycles. The highest BCUT2D eigenvalue weighted by Gasteiger charge is 2.28. The lowest BCUT2D eigenvalue weighted by atomic mass is 10.0. The van der Waals surface area contributed by atoms with E-state index in [-0.39, 0.29) is 0 Å². The second-order valence-corrected chi connectivity index (χ2v) is 15.7. The van der Waals surface area contributed by atoms with E-state index >= 15 is 0 Å². The number of hydrogen-bond acceptors (Lipinski definition) is 2. The molecule has 0 saturated heterocycles. The highest BCUT2D eigenvalue weighted by Crippen LogP contribution is 2.49. The van der Waals surface area contributed by atoms with Crippen molar-refractivity contribution >= 4 is 104 Å². The predicted molar refractivity (Wildman–Crippen MR) is 246 cm³/mol. The van der Waals surface area contributed by atoms with E-state index in [1.54, 1.807) is 0 Å². The van der Waals surface area contributed by atoms with Gasteiger partial charge in [-0.05, 0) is 53.2 Å². The van der Waals surface area contributed by atoms with Crippen LogP contribution in [0.4, 0.5) is 0 Å². The number of benzene rings is 9. The minimum Gasteiger partial charge on any atom is -0.309 e. The van der Waals surface area contributed by atoms with Crippen molar-refractivity contribution in [2.75, 3.05) is 0 Å². The Balaban J connectivity index is 1.33. The van der Waals surface area contributed by atoms with Crippen molar-refractivity contribution in [1.29, 1.82) is 0 Å². The Kier molecular flexibility index (Phi) is 5.96. The molecular weight excluding hydrogens is 719 g/mol. The second-order valence-electron chi connectivity index (χ2n) is 15.7. The lowest BCUT2D eigenvalue weighted by Crippen LogP contribution is -2.04. The van der Waals surface area contributed by atoms with Gasteiger partial charge in [-0.15, -0.1) is 0 Å². The fourth-order valence-electron chi connectivity index (χ4n) is 10.4. The predicted octanol–water partition coefficient (Wildman–Crippen LogP) is 13.8. The van der Waals surface area contributed by atoms with E-state index in [9.17, 15) is 0 Å². The van der Waals surface area contributed by atoms with Crippen molar-refractivity contribution in [3.8, 4) is 22.8 Å². The van der Waals surface area contributed by atoms with Crippen LogP contribution in [0.3, 0.4) is 0 Å². The first-order chi connectivity index (χ1) is 29.3. The first-order valence-electron chi connectivity index (χ1n) is 20.2. The van der Waals surface area contributed by atoms with Gasteiger partial charge in [0.1, 0.15) is 5.69 Å². The van der Waals surface area contributed by atoms with Gasteiger partial charge in [0.15, 0.2) is 5.82 Å². The van der Waals surface area contributed by atoms with E-state index in [0.29, 0.717) is 0 Å². The summed E-state index contributed by atoms with van der Waals surface area (Å²) in [6.07, 6.45) is 0. The molecule has 14 rings (SSSR count). The van der Waals surface area contributed by atoms with Crippen molar-refractivity contribution in [2.45, 2.75) is 0 Å². The Morgan fingerprint density at radius 2 is 1.00 bits per heavy atom. The zero-order chi connectivity index (χ0) is 38.3. The Bertz CT molecular complexity index is 4060. The van der Waals surface area contributed by atoms with E-state index in [2.05, 4.69) is 202 Å². The molecule has 9 aromatic carbocycles. The van der Waals surface area contributed by atoms with Gasteiger partial charge >= 0.3 is 0 Å². The lowest BCUT2D eigenvalue weighted by Gasteiger charge is -2.16. The minimum atomic E-state index is 0.809. The SMILES string of the molecule is c1ccc(-c2nc3ccc4ccccc4c3nc2-n2c3cccc4c5cccc6c7ccccc7n(c7cc8c(c9ccccc9n8-c8ccccc8)c2c7c43)c56)cc1. The second kappa shape index (κ2) is 11.3. The summed E-state index contributed by atoms with van der Waals surface area (Å²) >= 11 is 0. The Labute approximate surface area is 336 Å². The molecule has 0 aliphatic carbocycles. The van der Waals surface area contributed by atoms with Gasteiger partial charge in [-0.25, -0.2) is 9.97 Å². The van der Waals surface area contributed by atoms with Crippen LogP contribution >= 0.6 is 0 Å². The number of para-hydroxylation sites is 4. The summed E-state index contributed by atoms with van der Waals surface area (Å²) in [5, 5.41) is 12.0. The fraction of sp³-hybridized carbons (Fsp3) is 0. The maximum absolute atomic E-state index is 5.79. The van der Waals surface area contributed by atoms with Crippen LogP contribution < -0.4 is 0 Å². The largest absolute Gasteiger partial charge is 0.309 e. The molecule has 0 aliphatic rings. The molecule has 5 heteroatoms. The van der Waals surface area contributed by atoms with Crippen LogP contribution in [0.1, 0.15) is 0 Å². The van der Waals surface area contributed by atoms with Gasteiger partial charge < -0.3 is 8.97 Å². The number of nitrogens with zero attached hydrogens (tertiary/aromatic N) is 5. The van der Waals surface area contributed by atoms with Crippen molar-refractivity contribution in [3.05, 3.63) is 188 Å². The topological polar surface area (TPSA) is 40.1 Å². The highest BCUT2D eigenvalue weighted by atomic mass is 15.1. The summed E-state index contributed by atoms with van der Waals surface area (Å²) in [4.78, 5) is 11.3. The van der Waals surface area contributed by atoms with Gasteiger partial charge in [-0.1, -0.05) is 146 Å². The summed E-state index contributed by atoms with van der Waals surface area (Å²) in [5.74, 6) is 0.809. The molecule has 0 amide bonds. The number of rotatable bonds is 3. The average Bonchev–Trinajstić information content (AvgIpc) is 3.92. The first-order valence-corrected chi connectivity index (χ1v) is 20.2. The van der Waals surface area contributed by atoms with Crippen molar-refractivity contribution in [2.24, 2.45) is 0 Å². The lowest BCUT2D eigenvalue weighted by molar-refractivity contribution is 1.09. The van der Waals surface area contributed by atoms with E-state index in [1.165, 1.54) is 54.1 Å². The Morgan fingerprint density at radius 3 is 1.85 bits per heavy atom. The van der Waals surface area contributed by atoms with E-state index in [1.807, 2.05) is 0 Å². The molecule has 5 aromatic heterocycles. The Hall–Kier alpha value is -8.02. The summed E-state index contributed by atoms with van der Waals surface area (Å²) in [5.41, 5.74) is 12.8. The summed E-state index contributed by atoms with van der Waals surface area (Å²) in [6.45, 7) is 0. The molecule has 59 heavy (non-hydrogen) atoms. The molecule has 0 unspecified atom stereocenters. The average molecular weight is 750 g/mol. The molecule has 0 atom stereocenters. The maximum atomic E-state index is 5.79. The number of fused-ring (bicyclic) bond motifs is 12. The molecule has 0 aliphatic heterocycles. The quantitative estimate of drug-likeness (QED) is 0.169. The van der Waals surface area contributed by atoms with Crippen molar-refractivity contribution in [3.63, 3.8) is 0 Å². The zero-order valence-corrected chi connectivity index (χ0v) is 31.6. The van der Waals surface area contributed by atoms with E-state index in [0.717, 1.165) is 72.2 Å². The maximum Gasteiger partial charge on any atom is 0.165 e. The molecule has 0 fully saturated rings. The summed E-state index contributed by atoms with van der Waals surface area (Å²) in [6, 6.07) is 68.0. The number of hydrogen-bond donors (Lipinski definition) is 0. The summed E-state index contributed by atoms with van der Waals surface area (Å²) in [7, 11) is 0. The molecule has 0 radical (unpaired) electrons. The third-order valence-corrected chi connectivity index (χ3v) is 12.7. The minimum absolute atomic E-state index is 0.809. The number of aromatic nitrogens is 5. The van der Waals surface area contributed by atoms with Gasteiger partial charge in [0, 0.05) is 54.3 Å². The third kappa shape index (κ3) is 3.98. The molecule has 0 spiro atoms. The molecule has 272 valence electrons. The van der Waals surface area contributed by atoms with E-state index in [4.69, 9.17) is 9.97 Å². The van der Waals surface area contributed by atoms with Crippen LogP contribution in [-0.2, 0) is 0 Å². The molecule has 5 nitrogen and oxygen atoms in total. The van der Waals surface area contributed by atoms with Gasteiger partial charge in [-0.2, -0.15) is 0 Å². The van der Waals surface area contributed by atoms with Crippen LogP contribution in [-0.4, -0.2) is 23.5 Å². The third-order valence-electron chi connectivity index (χ3n) is 12.7. The monoisotopic (exact) mass is 749 g/mol. The highest BCUT2D eigenvalue weighted by molar-refractivity contribution is 6.37. The van der Waals surface area contributed by atoms with Crippen LogP contribution in [0.25, 0.3) is 126 Å². The molecule has 0 N–H and O–H groups in total. The van der Waals surface area contributed by atoms with Crippen LogP contribution in [0.5, 0.6) is 0 Å². The van der Waals surface area contributed by atoms with Crippen molar-refractivity contribution in [1.82, 2.24) is 23.5 Å². The van der Waals surface area contributed by atoms with Gasteiger partial charge in [0.05, 0.1) is 49.7 Å². The fourth-order valence-corrected chi connectivity index (χ4v) is 10.4. The first kappa shape index (κ1) is 31.1. The van der Waals surface area contributed by atoms with Gasteiger partial charge in [0.2, 0.25) is 0 Å². The van der Waals surface area contributed by atoms with Gasteiger partial charge in [0.25, 0.3) is 0 Å². The smallest absolute Gasteiger partial charge is 0.165 e. The molecule has 0 bridgehead atoms. The van der Waals surface area contributed by atoms with Crippen LogP contribution in [0.15, 0.2) is 188 Å². The van der Waals surface area contributed by atoms with Crippen molar-refractivity contribution < 1.29 is 0 Å². The molecular formula is C54H31N5. The Morgan fingerprint density at radius 1 is 0.356 bits per heavy atom. The van der Waals surface area contributed by atoms with Crippen LogP contribution in [0, 0.1) is 0 Å². The summed E-state index contributed by atoms with van der Waals surface area (Å²) < 4.78 is 7.44. The molecule has 0 saturated carbocycles. The van der Waals surface area contributed by atoms with Gasteiger partial charge in [-0.3, -0.25) is 4.57 Å². The standard InChI is InChI=1S/C54H31N5/c1-3-16-33(17-4-1)50-54(56-51-35-20-8-7-15-32(35)29-30-41(51)55-50)59-44-28-14-23-37-39-25-13-24-38-36-21-9-11-26-42(36)58(52(38)39)46-31-45-48(53(59)49(46)47(37)44)40-22-10-12-27-43(40)57(45)34-18-5-2-6-19-34/h1-31H. The molecule has 14 aromatic rings. The zero-order valence-electron chi connectivity index (χ0n) is 31.6. The van der Waals surface area contributed by atoms with Crippen LogP contribution in [0.2, 0.25) is 0 Å². The normalized spacial score (nSPS) is 12.4. The van der Waals surface area contributed by atoms with E-state index < -0.39 is 0 Å².